The lowest BCUT2D eigenvalue weighted by atomic mass is 10.2. The molecular weight excluding hydrogens is 204 g/mol. The molecule has 0 amide bonds. The summed E-state index contributed by atoms with van der Waals surface area (Å²) < 4.78 is 16.4. The van der Waals surface area contributed by atoms with Crippen molar-refractivity contribution in [2.24, 2.45) is 0 Å². The van der Waals surface area contributed by atoms with E-state index in [1.54, 1.807) is 0 Å². The van der Waals surface area contributed by atoms with Gasteiger partial charge in [-0.25, -0.2) is 0 Å². The molecule has 0 N–H and O–H groups in total. The van der Waals surface area contributed by atoms with Gasteiger partial charge in [0.15, 0.2) is 6.29 Å². The molecule has 1 aromatic carbocycles. The first-order chi connectivity index (χ1) is 7.95. The second kappa shape index (κ2) is 6.63. The summed E-state index contributed by atoms with van der Waals surface area (Å²) in [6.07, 6.45) is 1.75. The molecule has 1 heterocycles. The van der Waals surface area contributed by atoms with Gasteiger partial charge in [0.1, 0.15) is 0 Å². The van der Waals surface area contributed by atoms with E-state index in [-0.39, 0.29) is 6.29 Å². The predicted molar refractivity (Wildman–Crippen MR) is 61.0 cm³/mol. The molecule has 0 spiro atoms. The minimum Gasteiger partial charge on any atom is -0.377 e. The van der Waals surface area contributed by atoms with Gasteiger partial charge >= 0.3 is 0 Å². The molecule has 1 aliphatic rings. The molecule has 0 unspecified atom stereocenters. The van der Waals surface area contributed by atoms with E-state index < -0.39 is 0 Å². The van der Waals surface area contributed by atoms with Gasteiger partial charge in [0, 0.05) is 6.42 Å². The van der Waals surface area contributed by atoms with Crippen LogP contribution in [0.4, 0.5) is 0 Å². The number of ether oxygens (including phenoxy) is 3. The Bertz CT molecular complexity index is 280. The van der Waals surface area contributed by atoms with E-state index in [4.69, 9.17) is 14.2 Å². The zero-order chi connectivity index (χ0) is 11.1. The van der Waals surface area contributed by atoms with Crippen molar-refractivity contribution in [1.29, 1.82) is 0 Å². The maximum Gasteiger partial charge on any atom is 0.159 e. The van der Waals surface area contributed by atoms with Gasteiger partial charge in [0.05, 0.1) is 26.4 Å². The van der Waals surface area contributed by atoms with Crippen molar-refractivity contribution >= 4 is 0 Å². The van der Waals surface area contributed by atoms with E-state index in [0.29, 0.717) is 13.2 Å². The topological polar surface area (TPSA) is 27.7 Å². The summed E-state index contributed by atoms with van der Waals surface area (Å²) in [6, 6.07) is 10.2. The van der Waals surface area contributed by atoms with E-state index in [2.05, 4.69) is 12.1 Å². The maximum absolute atomic E-state index is 5.56. The lowest BCUT2D eigenvalue weighted by Crippen LogP contribution is -2.26. The molecule has 0 radical (unpaired) electrons. The molecule has 16 heavy (non-hydrogen) atoms. The zero-order valence-corrected chi connectivity index (χ0v) is 9.43. The van der Waals surface area contributed by atoms with E-state index in [1.807, 2.05) is 18.2 Å². The Hall–Kier alpha value is -0.900. The van der Waals surface area contributed by atoms with Gasteiger partial charge in [-0.05, 0) is 12.0 Å². The molecule has 1 saturated heterocycles. The highest BCUT2D eigenvalue weighted by Crippen LogP contribution is 2.09. The van der Waals surface area contributed by atoms with Crippen LogP contribution in [0.3, 0.4) is 0 Å². The second-order valence-corrected chi connectivity index (χ2v) is 3.85. The van der Waals surface area contributed by atoms with Gasteiger partial charge < -0.3 is 14.2 Å². The predicted octanol–water partition coefficient (Wildman–Crippen LogP) is 2.36. The fraction of sp³-hybridized carbons (Fsp3) is 0.538. The van der Waals surface area contributed by atoms with Crippen LogP contribution in [0.15, 0.2) is 30.3 Å². The normalized spacial score (nSPS) is 17.5. The molecule has 88 valence electrons. The molecule has 0 bridgehead atoms. The Kier molecular flexibility index (Phi) is 4.80. The monoisotopic (exact) mass is 222 g/mol. The first-order valence-electron chi connectivity index (χ1n) is 5.80. The van der Waals surface area contributed by atoms with E-state index >= 15 is 0 Å². The molecule has 1 aromatic rings. The van der Waals surface area contributed by atoms with Gasteiger partial charge in [0.2, 0.25) is 0 Å². The number of hydrogen-bond acceptors (Lipinski definition) is 3. The molecule has 0 aromatic heterocycles. The van der Waals surface area contributed by atoms with Crippen LogP contribution in [-0.2, 0) is 20.8 Å². The maximum atomic E-state index is 5.56. The third-order valence-corrected chi connectivity index (χ3v) is 2.51. The summed E-state index contributed by atoms with van der Waals surface area (Å²) in [7, 11) is 0. The van der Waals surface area contributed by atoms with Crippen LogP contribution >= 0.6 is 0 Å². The number of hydrogen-bond donors (Lipinski definition) is 0. The quantitative estimate of drug-likeness (QED) is 0.716. The smallest absolute Gasteiger partial charge is 0.159 e. The lowest BCUT2D eigenvalue weighted by Gasteiger charge is -2.22. The van der Waals surface area contributed by atoms with Gasteiger partial charge in [-0.3, -0.25) is 0 Å². The van der Waals surface area contributed by atoms with Gasteiger partial charge in [-0.15, -0.1) is 0 Å². The van der Waals surface area contributed by atoms with E-state index in [0.717, 1.165) is 26.1 Å². The minimum absolute atomic E-state index is 0.0653. The van der Waals surface area contributed by atoms with Crippen LogP contribution in [0.5, 0.6) is 0 Å². The van der Waals surface area contributed by atoms with Crippen LogP contribution in [0.1, 0.15) is 18.4 Å². The fourth-order valence-electron chi connectivity index (χ4n) is 1.65. The van der Waals surface area contributed by atoms with Crippen molar-refractivity contribution < 1.29 is 14.2 Å². The zero-order valence-electron chi connectivity index (χ0n) is 9.43. The van der Waals surface area contributed by atoms with Crippen molar-refractivity contribution in [2.75, 3.05) is 19.8 Å². The second-order valence-electron chi connectivity index (χ2n) is 3.85. The Morgan fingerprint density at radius 2 is 1.88 bits per heavy atom. The summed E-state index contributed by atoms with van der Waals surface area (Å²) in [5, 5.41) is 0. The SMILES string of the molecule is c1ccc(COCCC2OCCCO2)cc1. The van der Waals surface area contributed by atoms with Crippen molar-refractivity contribution in [2.45, 2.75) is 25.7 Å². The average molecular weight is 222 g/mol. The standard InChI is InChI=1S/C13H18O3/c1-2-5-12(6-3-1)11-14-10-7-13-15-8-4-9-16-13/h1-3,5-6,13H,4,7-11H2. The largest absolute Gasteiger partial charge is 0.377 e. The van der Waals surface area contributed by atoms with Crippen LogP contribution < -0.4 is 0 Å². The lowest BCUT2D eigenvalue weighted by molar-refractivity contribution is -0.186. The molecule has 1 fully saturated rings. The highest BCUT2D eigenvalue weighted by molar-refractivity contribution is 5.13. The first kappa shape index (κ1) is 11.6. The van der Waals surface area contributed by atoms with Crippen molar-refractivity contribution in [3.63, 3.8) is 0 Å². The molecule has 3 heteroatoms. The summed E-state index contributed by atoms with van der Waals surface area (Å²) in [6.45, 7) is 2.96. The summed E-state index contributed by atoms with van der Waals surface area (Å²) in [4.78, 5) is 0. The Labute approximate surface area is 96.3 Å². The van der Waals surface area contributed by atoms with Crippen LogP contribution in [0.2, 0.25) is 0 Å². The summed E-state index contributed by atoms with van der Waals surface area (Å²) in [5.41, 5.74) is 1.20. The highest BCUT2D eigenvalue weighted by atomic mass is 16.7. The van der Waals surface area contributed by atoms with Crippen molar-refractivity contribution in [3.8, 4) is 0 Å². The van der Waals surface area contributed by atoms with Crippen molar-refractivity contribution in [3.05, 3.63) is 35.9 Å². The molecular formula is C13H18O3. The molecule has 1 aliphatic heterocycles. The third-order valence-electron chi connectivity index (χ3n) is 2.51. The molecule has 3 nitrogen and oxygen atoms in total. The van der Waals surface area contributed by atoms with Crippen LogP contribution in [-0.4, -0.2) is 26.1 Å². The van der Waals surface area contributed by atoms with Gasteiger partial charge in [0.25, 0.3) is 0 Å². The molecule has 0 saturated carbocycles. The van der Waals surface area contributed by atoms with Crippen LogP contribution in [0.25, 0.3) is 0 Å². The summed E-state index contributed by atoms with van der Waals surface area (Å²) >= 11 is 0. The third kappa shape index (κ3) is 3.93. The Morgan fingerprint density at radius 3 is 2.62 bits per heavy atom. The number of benzene rings is 1. The van der Waals surface area contributed by atoms with Gasteiger partial charge in [-0.2, -0.15) is 0 Å². The minimum atomic E-state index is -0.0653. The molecule has 0 atom stereocenters. The van der Waals surface area contributed by atoms with E-state index in [1.165, 1.54) is 5.56 Å². The van der Waals surface area contributed by atoms with Gasteiger partial charge in [-0.1, -0.05) is 30.3 Å². The summed E-state index contributed by atoms with van der Waals surface area (Å²) in [5.74, 6) is 0. The average Bonchev–Trinajstić information content (AvgIpc) is 2.37. The highest BCUT2D eigenvalue weighted by Gasteiger charge is 2.13. The fourth-order valence-corrected chi connectivity index (χ4v) is 1.65. The Balaban J connectivity index is 1.58. The Morgan fingerprint density at radius 1 is 1.12 bits per heavy atom. The van der Waals surface area contributed by atoms with Crippen LogP contribution in [0, 0.1) is 0 Å². The van der Waals surface area contributed by atoms with Crippen molar-refractivity contribution in [1.82, 2.24) is 0 Å². The van der Waals surface area contributed by atoms with E-state index in [9.17, 15) is 0 Å². The molecule has 0 aliphatic carbocycles. The number of rotatable bonds is 5. The molecule has 2 rings (SSSR count). The first-order valence-corrected chi connectivity index (χ1v) is 5.80.